The van der Waals surface area contributed by atoms with E-state index in [0.717, 1.165) is 32.7 Å². The van der Waals surface area contributed by atoms with Crippen LogP contribution in [0.15, 0.2) is 24.5 Å². The van der Waals surface area contributed by atoms with Crippen molar-refractivity contribution in [3.63, 3.8) is 0 Å². The fourth-order valence-electron chi connectivity index (χ4n) is 3.48. The molecule has 128 valence electrons. The van der Waals surface area contributed by atoms with Crippen molar-refractivity contribution in [1.29, 1.82) is 0 Å². The second-order valence-corrected chi connectivity index (χ2v) is 6.77. The molecule has 0 aromatic carbocycles. The largest absolute Gasteiger partial charge is 0.479 e. The highest BCUT2D eigenvalue weighted by molar-refractivity contribution is 6.25. The average Bonchev–Trinajstić information content (AvgIpc) is 2.95. The molecule has 1 aliphatic rings. The third kappa shape index (κ3) is 2.42. The molecule has 3 heterocycles. The van der Waals surface area contributed by atoms with Crippen LogP contribution in [0, 0.1) is 18.7 Å². The van der Waals surface area contributed by atoms with Crippen molar-refractivity contribution in [2.24, 2.45) is 5.92 Å². The number of aromatic amines is 1. The maximum absolute atomic E-state index is 14.2. The van der Waals surface area contributed by atoms with E-state index in [4.69, 9.17) is 16.3 Å². The van der Waals surface area contributed by atoms with Crippen molar-refractivity contribution in [2.75, 3.05) is 7.11 Å². The summed E-state index contributed by atoms with van der Waals surface area (Å²) in [6, 6.07) is 3.42. The summed E-state index contributed by atoms with van der Waals surface area (Å²) >= 11 is 6.59. The molecule has 2 unspecified atom stereocenters. The monoisotopic (exact) mass is 357 g/mol. The number of hydrogen-bond donors (Lipinski definition) is 1. The lowest BCUT2D eigenvalue weighted by molar-refractivity contribution is 0.369. The van der Waals surface area contributed by atoms with Crippen LogP contribution in [-0.2, 0) is 0 Å². The van der Waals surface area contributed by atoms with E-state index in [0.29, 0.717) is 5.56 Å². The molecule has 1 aliphatic carbocycles. The number of methoxy groups -OCH3 is 1. The number of hydrogen-bond acceptors (Lipinski definition) is 3. The number of aryl methyl sites for hydroxylation is 1. The number of pyridine rings is 2. The number of nitrogens with one attached hydrogen (secondary N) is 1. The lowest BCUT2D eigenvalue weighted by Crippen LogP contribution is -2.36. The Balaban J connectivity index is 2.11. The van der Waals surface area contributed by atoms with E-state index in [1.54, 1.807) is 12.4 Å². The van der Waals surface area contributed by atoms with Gasteiger partial charge < -0.3 is 9.72 Å². The van der Waals surface area contributed by atoms with Crippen LogP contribution < -0.4 is 15.3 Å². The van der Waals surface area contributed by atoms with E-state index in [1.165, 1.54) is 13.2 Å². The maximum Gasteiger partial charge on any atom is 0.250 e. The number of H-pyrrole nitrogens is 1. The van der Waals surface area contributed by atoms with Crippen molar-refractivity contribution < 1.29 is 9.13 Å². The van der Waals surface area contributed by atoms with Crippen molar-refractivity contribution >= 4 is 34.2 Å². The van der Waals surface area contributed by atoms with Gasteiger partial charge in [0.05, 0.1) is 29.0 Å². The fourth-order valence-corrected chi connectivity index (χ4v) is 3.73. The summed E-state index contributed by atoms with van der Waals surface area (Å²) in [6.07, 6.45) is 5.47. The molecule has 1 N–H and O–H groups in total. The van der Waals surface area contributed by atoms with Gasteiger partial charge in [0.2, 0.25) is 5.88 Å². The summed E-state index contributed by atoms with van der Waals surface area (Å²) in [5.41, 5.74) is 3.53. The minimum atomic E-state index is -0.490. The Morgan fingerprint density at radius 3 is 2.84 bits per heavy atom. The molecule has 25 heavy (non-hydrogen) atoms. The zero-order valence-electron chi connectivity index (χ0n) is 14.1. The fraction of sp³-hybridized carbons (Fsp3) is 0.263. The number of fused-ring (bicyclic) bond motifs is 3. The molecule has 0 spiro atoms. The molecular weight excluding hydrogens is 341 g/mol. The van der Waals surface area contributed by atoms with Crippen molar-refractivity contribution in [3.8, 4) is 5.88 Å². The van der Waals surface area contributed by atoms with Gasteiger partial charge in [0.15, 0.2) is 5.82 Å². The molecule has 0 radical (unpaired) electrons. The van der Waals surface area contributed by atoms with Gasteiger partial charge in [0, 0.05) is 34.5 Å². The Labute approximate surface area is 149 Å². The van der Waals surface area contributed by atoms with Crippen LogP contribution in [-0.4, -0.2) is 27.4 Å². The van der Waals surface area contributed by atoms with E-state index in [-0.39, 0.29) is 17.2 Å². The van der Waals surface area contributed by atoms with E-state index in [2.05, 4.69) is 21.0 Å². The lowest BCUT2D eigenvalue weighted by atomic mass is 9.87. The molecule has 0 aliphatic heterocycles. The van der Waals surface area contributed by atoms with Crippen molar-refractivity contribution in [1.82, 2.24) is 15.0 Å². The highest BCUT2D eigenvalue weighted by atomic mass is 35.5. The van der Waals surface area contributed by atoms with Gasteiger partial charge in [-0.25, -0.2) is 9.37 Å². The molecule has 0 bridgehead atoms. The first-order valence-corrected chi connectivity index (χ1v) is 8.48. The number of alkyl halides is 1. The first-order chi connectivity index (χ1) is 12.0. The van der Waals surface area contributed by atoms with Gasteiger partial charge in [-0.2, -0.15) is 0 Å². The van der Waals surface area contributed by atoms with Gasteiger partial charge >= 0.3 is 0 Å². The Morgan fingerprint density at radius 1 is 1.32 bits per heavy atom. The number of nitrogens with zero attached hydrogens (tertiary/aromatic N) is 2. The maximum atomic E-state index is 14.2. The molecule has 0 saturated carbocycles. The van der Waals surface area contributed by atoms with Crippen LogP contribution in [0.1, 0.15) is 18.2 Å². The third-order valence-electron chi connectivity index (χ3n) is 4.79. The van der Waals surface area contributed by atoms with Gasteiger partial charge in [-0.3, -0.25) is 4.98 Å². The van der Waals surface area contributed by atoms with Gasteiger partial charge in [0.1, 0.15) is 0 Å². The third-order valence-corrected chi connectivity index (χ3v) is 5.29. The highest BCUT2D eigenvalue weighted by Gasteiger charge is 2.25. The second-order valence-electron chi connectivity index (χ2n) is 6.26. The zero-order valence-corrected chi connectivity index (χ0v) is 14.9. The van der Waals surface area contributed by atoms with Crippen LogP contribution in [0.3, 0.4) is 0 Å². The Bertz CT molecular complexity index is 1110. The molecular formula is C19H17ClFN3O. The molecule has 3 aromatic heterocycles. The number of halogens is 2. The summed E-state index contributed by atoms with van der Waals surface area (Å²) in [6.45, 7) is 3.99. The van der Waals surface area contributed by atoms with Crippen LogP contribution >= 0.6 is 11.6 Å². The van der Waals surface area contributed by atoms with E-state index >= 15 is 0 Å². The SMILES string of the molecule is COc1ncc(C2=c3[nH]c4c(C)nccc4c3=CC(Cl)C2C)cc1F. The molecule has 4 rings (SSSR count). The average molecular weight is 358 g/mol. The lowest BCUT2D eigenvalue weighted by Gasteiger charge is -2.22. The molecule has 3 aromatic rings. The van der Waals surface area contributed by atoms with Crippen LogP contribution in [0.5, 0.6) is 5.88 Å². The minimum absolute atomic E-state index is 0.00471. The second kappa shape index (κ2) is 5.85. The molecule has 4 nitrogen and oxygen atoms in total. The van der Waals surface area contributed by atoms with Gasteiger partial charge in [-0.15, -0.1) is 11.6 Å². The summed E-state index contributed by atoms with van der Waals surface area (Å²) < 4.78 is 19.1. The Hall–Kier alpha value is -2.40. The number of aromatic nitrogens is 3. The van der Waals surface area contributed by atoms with Gasteiger partial charge in [0.25, 0.3) is 0 Å². The van der Waals surface area contributed by atoms with Crippen LogP contribution in [0.4, 0.5) is 4.39 Å². The smallest absolute Gasteiger partial charge is 0.250 e. The topological polar surface area (TPSA) is 50.8 Å². The number of ether oxygens (including phenoxy) is 1. The number of rotatable bonds is 2. The first-order valence-electron chi connectivity index (χ1n) is 8.04. The molecule has 0 saturated heterocycles. The predicted molar refractivity (Wildman–Crippen MR) is 96.6 cm³/mol. The van der Waals surface area contributed by atoms with Gasteiger partial charge in [-0.1, -0.05) is 13.0 Å². The zero-order chi connectivity index (χ0) is 17.7. The minimum Gasteiger partial charge on any atom is -0.479 e. The summed E-state index contributed by atoms with van der Waals surface area (Å²) in [5.74, 6) is -0.500. The van der Waals surface area contributed by atoms with Gasteiger partial charge in [-0.05, 0) is 24.6 Å². The quantitative estimate of drug-likeness (QED) is 0.717. The Morgan fingerprint density at radius 2 is 2.12 bits per heavy atom. The van der Waals surface area contributed by atoms with E-state index in [1.807, 2.05) is 19.9 Å². The standard InChI is InChI=1S/C19H17ClFN3O/c1-9-14(20)7-13-12-4-5-22-10(2)17(12)24-18(13)16(9)11-6-15(21)19(25-3)23-8-11/h4-9,14,24H,1-3H3. The normalized spacial score (nSPS) is 19.6. The molecule has 6 heteroatoms. The van der Waals surface area contributed by atoms with Crippen LogP contribution in [0.25, 0.3) is 22.6 Å². The highest BCUT2D eigenvalue weighted by Crippen LogP contribution is 2.30. The van der Waals surface area contributed by atoms with Crippen LogP contribution in [0.2, 0.25) is 0 Å². The predicted octanol–water partition coefficient (Wildman–Crippen LogP) is 2.65. The van der Waals surface area contributed by atoms with E-state index < -0.39 is 5.82 Å². The summed E-state index contributed by atoms with van der Waals surface area (Å²) in [7, 11) is 1.40. The first kappa shape index (κ1) is 16.1. The Kier molecular flexibility index (Phi) is 3.76. The molecule has 0 amide bonds. The van der Waals surface area contributed by atoms with E-state index in [9.17, 15) is 4.39 Å². The molecule has 0 fully saturated rings. The molecule has 2 atom stereocenters. The van der Waals surface area contributed by atoms with Crippen molar-refractivity contribution in [3.05, 3.63) is 52.2 Å². The van der Waals surface area contributed by atoms with Crippen molar-refractivity contribution in [2.45, 2.75) is 19.2 Å². The summed E-state index contributed by atoms with van der Waals surface area (Å²) in [5, 5.41) is 2.85. The summed E-state index contributed by atoms with van der Waals surface area (Å²) in [4.78, 5) is 11.9.